The molecule has 0 bridgehead atoms. The second kappa shape index (κ2) is 3.78. The number of phenols is 1. The lowest BCUT2D eigenvalue weighted by Crippen LogP contribution is -2.28. The van der Waals surface area contributed by atoms with Crippen molar-refractivity contribution in [1.29, 1.82) is 0 Å². The summed E-state index contributed by atoms with van der Waals surface area (Å²) in [5.74, 6) is 0.166. The number of aliphatic hydroxyl groups excluding tert-OH is 1. The summed E-state index contributed by atoms with van der Waals surface area (Å²) in [5, 5.41) is 18.1. The fraction of sp³-hybridized carbons (Fsp3) is 0.300. The monoisotopic (exact) mass is 209 g/mol. The Morgan fingerprint density at radius 3 is 2.67 bits per heavy atom. The summed E-state index contributed by atoms with van der Waals surface area (Å²) in [6.45, 7) is -0.144. The average Bonchev–Trinajstić information content (AvgIpc) is 2.61. The highest BCUT2D eigenvalue weighted by Crippen LogP contribution is 2.27. The van der Waals surface area contributed by atoms with Gasteiger partial charge in [0.05, 0.1) is 6.04 Å². The largest absolute Gasteiger partial charge is 0.508 e. The predicted octanol–water partition coefficient (Wildman–Crippen LogP) is 0.835. The third kappa shape index (κ3) is 1.73. The summed E-state index contributed by atoms with van der Waals surface area (Å²) in [6, 6.07) is 6.19. The molecule has 15 heavy (non-hydrogen) atoms. The van der Waals surface area contributed by atoms with E-state index >= 15 is 0 Å². The molecule has 1 heterocycles. The molecule has 1 fully saturated rings. The van der Waals surface area contributed by atoms with Crippen molar-refractivity contribution in [2.75, 3.05) is 13.3 Å². The molecule has 0 saturated carbocycles. The molecular formula is C10H11NO4. The number of aliphatic hydroxyl groups is 1. The van der Waals surface area contributed by atoms with Gasteiger partial charge in [-0.25, -0.2) is 4.79 Å². The molecule has 1 unspecified atom stereocenters. The first-order valence-electron chi connectivity index (χ1n) is 4.55. The molecule has 1 aromatic carbocycles. The van der Waals surface area contributed by atoms with Gasteiger partial charge in [-0.15, -0.1) is 0 Å². The lowest BCUT2D eigenvalue weighted by atomic mass is 10.1. The van der Waals surface area contributed by atoms with Crippen LogP contribution < -0.4 is 0 Å². The molecule has 0 aromatic heterocycles. The molecule has 1 aliphatic rings. The quantitative estimate of drug-likeness (QED) is 0.757. The van der Waals surface area contributed by atoms with Crippen LogP contribution in [0.1, 0.15) is 11.6 Å². The third-order valence-corrected chi connectivity index (χ3v) is 2.41. The Balaban J connectivity index is 2.23. The van der Waals surface area contributed by atoms with Gasteiger partial charge in [0.15, 0.2) is 0 Å². The summed E-state index contributed by atoms with van der Waals surface area (Å²) < 4.78 is 4.82. The summed E-state index contributed by atoms with van der Waals surface area (Å²) in [7, 11) is 0. The lowest BCUT2D eigenvalue weighted by molar-refractivity contribution is 0.106. The number of carbonyl (C=O) groups is 1. The molecule has 1 amide bonds. The highest BCUT2D eigenvalue weighted by atomic mass is 16.6. The van der Waals surface area contributed by atoms with Crippen LogP contribution in [0.3, 0.4) is 0 Å². The molecule has 1 aliphatic heterocycles. The van der Waals surface area contributed by atoms with E-state index in [-0.39, 0.29) is 25.1 Å². The maximum Gasteiger partial charge on any atom is 0.412 e. The van der Waals surface area contributed by atoms with E-state index < -0.39 is 6.09 Å². The summed E-state index contributed by atoms with van der Waals surface area (Å²) >= 11 is 0. The number of carbonyl (C=O) groups excluding carboxylic acids is 1. The van der Waals surface area contributed by atoms with Gasteiger partial charge in [-0.2, -0.15) is 0 Å². The Kier molecular flexibility index (Phi) is 2.47. The maximum atomic E-state index is 11.2. The van der Waals surface area contributed by atoms with Crippen LogP contribution in [0.4, 0.5) is 4.79 Å². The first kappa shape index (κ1) is 9.79. The number of aromatic hydroxyl groups is 1. The van der Waals surface area contributed by atoms with Gasteiger partial charge in [0.1, 0.15) is 19.1 Å². The first-order valence-corrected chi connectivity index (χ1v) is 4.55. The van der Waals surface area contributed by atoms with E-state index in [0.29, 0.717) is 0 Å². The zero-order chi connectivity index (χ0) is 10.8. The van der Waals surface area contributed by atoms with E-state index in [2.05, 4.69) is 0 Å². The Labute approximate surface area is 86.5 Å². The molecule has 5 nitrogen and oxygen atoms in total. The Bertz CT molecular complexity index is 362. The smallest absolute Gasteiger partial charge is 0.412 e. The van der Waals surface area contributed by atoms with Gasteiger partial charge in [0.25, 0.3) is 0 Å². The molecular weight excluding hydrogens is 198 g/mol. The predicted molar refractivity (Wildman–Crippen MR) is 51.1 cm³/mol. The highest BCUT2D eigenvalue weighted by Gasteiger charge is 2.33. The summed E-state index contributed by atoms with van der Waals surface area (Å²) in [6.07, 6.45) is -0.518. The highest BCUT2D eigenvalue weighted by molar-refractivity contribution is 5.70. The number of cyclic esters (lactones) is 1. The van der Waals surface area contributed by atoms with Gasteiger partial charge in [0, 0.05) is 0 Å². The van der Waals surface area contributed by atoms with Gasteiger partial charge in [0.2, 0.25) is 0 Å². The average molecular weight is 209 g/mol. The molecule has 5 heteroatoms. The van der Waals surface area contributed by atoms with Crippen molar-refractivity contribution in [2.45, 2.75) is 6.04 Å². The van der Waals surface area contributed by atoms with Crippen LogP contribution in [0.25, 0.3) is 0 Å². The van der Waals surface area contributed by atoms with Gasteiger partial charge in [-0.05, 0) is 17.7 Å². The topological polar surface area (TPSA) is 70.0 Å². The summed E-state index contributed by atoms with van der Waals surface area (Å²) in [4.78, 5) is 12.4. The number of nitrogens with zero attached hydrogens (tertiary/aromatic N) is 1. The molecule has 1 aromatic rings. The first-order chi connectivity index (χ1) is 7.22. The van der Waals surface area contributed by atoms with Crippen molar-refractivity contribution >= 4 is 6.09 Å². The van der Waals surface area contributed by atoms with E-state index in [4.69, 9.17) is 14.9 Å². The van der Waals surface area contributed by atoms with Crippen molar-refractivity contribution in [3.8, 4) is 5.75 Å². The second-order valence-electron chi connectivity index (χ2n) is 3.30. The van der Waals surface area contributed by atoms with Crippen LogP contribution >= 0.6 is 0 Å². The number of hydrogen-bond acceptors (Lipinski definition) is 4. The molecule has 2 N–H and O–H groups in total. The number of rotatable bonds is 2. The van der Waals surface area contributed by atoms with Crippen LogP contribution in [-0.2, 0) is 4.74 Å². The standard InChI is InChI=1S/C10H11NO4/c12-6-11-9(5-15-10(11)14)7-1-3-8(13)4-2-7/h1-4,9,12-13H,5-6H2. The number of amides is 1. The molecule has 1 atom stereocenters. The lowest BCUT2D eigenvalue weighted by Gasteiger charge is -2.18. The zero-order valence-corrected chi connectivity index (χ0v) is 7.96. The minimum atomic E-state index is -0.518. The SMILES string of the molecule is O=C1OCC(c2ccc(O)cc2)N1CO. The Hall–Kier alpha value is -1.75. The Morgan fingerprint density at radius 2 is 2.07 bits per heavy atom. The minimum absolute atomic E-state index is 0.166. The van der Waals surface area contributed by atoms with Crippen LogP contribution in [-0.4, -0.2) is 34.5 Å². The van der Waals surface area contributed by atoms with E-state index in [1.807, 2.05) is 0 Å². The minimum Gasteiger partial charge on any atom is -0.508 e. The molecule has 0 aliphatic carbocycles. The number of phenolic OH excluding ortho intramolecular Hbond substituents is 1. The van der Waals surface area contributed by atoms with Crippen molar-refractivity contribution in [2.24, 2.45) is 0 Å². The van der Waals surface area contributed by atoms with E-state index in [1.54, 1.807) is 12.1 Å². The Morgan fingerprint density at radius 1 is 1.40 bits per heavy atom. The zero-order valence-electron chi connectivity index (χ0n) is 7.96. The number of benzene rings is 1. The molecule has 2 rings (SSSR count). The van der Waals surface area contributed by atoms with Crippen LogP contribution in [0.2, 0.25) is 0 Å². The van der Waals surface area contributed by atoms with Gasteiger partial charge >= 0.3 is 6.09 Å². The van der Waals surface area contributed by atoms with E-state index in [0.717, 1.165) is 5.56 Å². The van der Waals surface area contributed by atoms with Crippen LogP contribution in [0, 0.1) is 0 Å². The van der Waals surface area contributed by atoms with Gasteiger partial charge < -0.3 is 14.9 Å². The van der Waals surface area contributed by atoms with Crippen LogP contribution in [0.15, 0.2) is 24.3 Å². The fourth-order valence-corrected chi connectivity index (χ4v) is 1.58. The molecule has 80 valence electrons. The van der Waals surface area contributed by atoms with Crippen LogP contribution in [0.5, 0.6) is 5.75 Å². The summed E-state index contributed by atoms with van der Waals surface area (Å²) in [5.41, 5.74) is 0.827. The second-order valence-corrected chi connectivity index (χ2v) is 3.30. The molecule has 0 spiro atoms. The number of ether oxygens (including phenoxy) is 1. The fourth-order valence-electron chi connectivity index (χ4n) is 1.58. The molecule has 1 saturated heterocycles. The third-order valence-electron chi connectivity index (χ3n) is 2.41. The maximum absolute atomic E-state index is 11.2. The number of hydrogen-bond donors (Lipinski definition) is 2. The van der Waals surface area contributed by atoms with Gasteiger partial charge in [-0.3, -0.25) is 4.90 Å². The van der Waals surface area contributed by atoms with Crippen molar-refractivity contribution in [3.63, 3.8) is 0 Å². The van der Waals surface area contributed by atoms with Gasteiger partial charge in [-0.1, -0.05) is 12.1 Å². The normalized spacial score (nSPS) is 20.5. The molecule has 0 radical (unpaired) electrons. The van der Waals surface area contributed by atoms with E-state index in [1.165, 1.54) is 17.0 Å². The van der Waals surface area contributed by atoms with Crippen molar-refractivity contribution in [3.05, 3.63) is 29.8 Å². The van der Waals surface area contributed by atoms with E-state index in [9.17, 15) is 4.79 Å². The van der Waals surface area contributed by atoms with Crippen molar-refractivity contribution in [1.82, 2.24) is 4.90 Å². The van der Waals surface area contributed by atoms with Crippen molar-refractivity contribution < 1.29 is 19.7 Å².